The highest BCUT2D eigenvalue weighted by Gasteiger charge is 2.18. The van der Waals surface area contributed by atoms with E-state index >= 15 is 0 Å². The SMILES string of the molecule is Cc1cc(COc2ccc3[nH]c(CCC(=O)O)c(F)c3c2)ccc1C1CCOCC1. The quantitative estimate of drug-likeness (QED) is 0.567. The van der Waals surface area contributed by atoms with Crippen molar-refractivity contribution in [2.75, 3.05) is 13.2 Å². The molecule has 5 nitrogen and oxygen atoms in total. The Kier molecular flexibility index (Phi) is 6.04. The van der Waals surface area contributed by atoms with Crippen LogP contribution in [0.3, 0.4) is 0 Å². The van der Waals surface area contributed by atoms with E-state index in [-0.39, 0.29) is 12.8 Å². The summed E-state index contributed by atoms with van der Waals surface area (Å²) in [5.41, 5.74) is 4.66. The van der Waals surface area contributed by atoms with E-state index in [0.717, 1.165) is 31.6 Å². The molecule has 1 aliphatic heterocycles. The van der Waals surface area contributed by atoms with Crippen LogP contribution in [-0.2, 0) is 22.6 Å². The molecule has 0 aliphatic carbocycles. The molecule has 2 N–H and O–H groups in total. The van der Waals surface area contributed by atoms with Crippen LogP contribution >= 0.6 is 0 Å². The molecular formula is C24H26FNO4. The lowest BCUT2D eigenvalue weighted by Gasteiger charge is -2.24. The molecule has 1 fully saturated rings. The molecule has 1 saturated heterocycles. The lowest BCUT2D eigenvalue weighted by molar-refractivity contribution is -0.136. The minimum atomic E-state index is -0.949. The fourth-order valence-corrected chi connectivity index (χ4v) is 4.15. The average Bonchev–Trinajstić information content (AvgIpc) is 3.06. The highest BCUT2D eigenvalue weighted by molar-refractivity contribution is 5.83. The van der Waals surface area contributed by atoms with Gasteiger partial charge in [-0.3, -0.25) is 4.79 Å². The second-order valence-electron chi connectivity index (χ2n) is 7.88. The van der Waals surface area contributed by atoms with Crippen molar-refractivity contribution in [3.05, 3.63) is 64.6 Å². The maximum Gasteiger partial charge on any atom is 0.303 e. The van der Waals surface area contributed by atoms with Crippen LogP contribution in [0.5, 0.6) is 5.75 Å². The Morgan fingerprint density at radius 1 is 1.23 bits per heavy atom. The molecule has 1 aromatic heterocycles. The van der Waals surface area contributed by atoms with E-state index in [1.54, 1.807) is 18.2 Å². The van der Waals surface area contributed by atoms with Crippen LogP contribution < -0.4 is 4.74 Å². The molecule has 0 radical (unpaired) electrons. The van der Waals surface area contributed by atoms with E-state index in [9.17, 15) is 9.18 Å². The van der Waals surface area contributed by atoms with Crippen molar-refractivity contribution >= 4 is 16.9 Å². The zero-order valence-electron chi connectivity index (χ0n) is 17.0. The number of ether oxygens (including phenoxy) is 2. The number of halogens is 1. The number of aromatic nitrogens is 1. The van der Waals surface area contributed by atoms with Crippen molar-refractivity contribution in [1.82, 2.24) is 4.98 Å². The van der Waals surface area contributed by atoms with E-state index < -0.39 is 11.8 Å². The average molecular weight is 411 g/mol. The number of hydrogen-bond donors (Lipinski definition) is 2. The Hall–Kier alpha value is -2.86. The summed E-state index contributed by atoms with van der Waals surface area (Å²) < 4.78 is 26.0. The predicted octanol–water partition coefficient (Wildman–Crippen LogP) is 5.11. The largest absolute Gasteiger partial charge is 0.489 e. The molecule has 0 saturated carbocycles. The van der Waals surface area contributed by atoms with Gasteiger partial charge in [0.15, 0.2) is 5.82 Å². The van der Waals surface area contributed by atoms with Gasteiger partial charge in [0.05, 0.1) is 12.1 Å². The van der Waals surface area contributed by atoms with Crippen molar-refractivity contribution in [3.63, 3.8) is 0 Å². The first-order valence-corrected chi connectivity index (χ1v) is 10.3. The highest BCUT2D eigenvalue weighted by atomic mass is 19.1. The van der Waals surface area contributed by atoms with E-state index in [1.807, 2.05) is 0 Å². The second kappa shape index (κ2) is 8.88. The number of hydrogen-bond acceptors (Lipinski definition) is 3. The summed E-state index contributed by atoms with van der Waals surface area (Å²) in [4.78, 5) is 13.7. The minimum absolute atomic E-state index is 0.115. The summed E-state index contributed by atoms with van der Waals surface area (Å²) >= 11 is 0. The molecule has 0 atom stereocenters. The van der Waals surface area contributed by atoms with Gasteiger partial charge in [-0.1, -0.05) is 18.2 Å². The van der Waals surface area contributed by atoms with Gasteiger partial charge >= 0.3 is 5.97 Å². The van der Waals surface area contributed by atoms with E-state index in [4.69, 9.17) is 14.6 Å². The first-order valence-electron chi connectivity index (χ1n) is 10.3. The van der Waals surface area contributed by atoms with E-state index in [1.165, 1.54) is 11.1 Å². The number of fused-ring (bicyclic) bond motifs is 1. The molecule has 0 spiro atoms. The molecule has 2 heterocycles. The molecular weight excluding hydrogens is 385 g/mol. The van der Waals surface area contributed by atoms with Crippen LogP contribution in [0, 0.1) is 12.7 Å². The van der Waals surface area contributed by atoms with Gasteiger partial charge in [0.2, 0.25) is 0 Å². The lowest BCUT2D eigenvalue weighted by Crippen LogP contribution is -2.15. The van der Waals surface area contributed by atoms with Gasteiger partial charge in [-0.25, -0.2) is 4.39 Å². The zero-order valence-corrected chi connectivity index (χ0v) is 17.0. The Bertz CT molecular complexity index is 1050. The van der Waals surface area contributed by atoms with Crippen molar-refractivity contribution in [3.8, 4) is 5.75 Å². The van der Waals surface area contributed by atoms with Crippen LogP contribution in [0.15, 0.2) is 36.4 Å². The number of carboxylic acids is 1. The van der Waals surface area contributed by atoms with Gasteiger partial charge in [-0.15, -0.1) is 0 Å². The van der Waals surface area contributed by atoms with Crippen molar-refractivity contribution < 1.29 is 23.8 Å². The Labute approximate surface area is 174 Å². The Morgan fingerprint density at radius 2 is 2.03 bits per heavy atom. The van der Waals surface area contributed by atoms with Gasteiger partial charge in [0.1, 0.15) is 12.4 Å². The molecule has 0 unspecified atom stereocenters. The van der Waals surface area contributed by atoms with Gasteiger partial charge in [0.25, 0.3) is 0 Å². The number of carboxylic acid groups (broad SMARTS) is 1. The van der Waals surface area contributed by atoms with Crippen LogP contribution in [0.2, 0.25) is 0 Å². The zero-order chi connectivity index (χ0) is 21.1. The number of aryl methyl sites for hydroxylation is 2. The fraction of sp³-hybridized carbons (Fsp3) is 0.375. The molecule has 1 aliphatic rings. The summed E-state index contributed by atoms with van der Waals surface area (Å²) in [6.07, 6.45) is 2.14. The second-order valence-corrected chi connectivity index (χ2v) is 7.88. The molecule has 3 aromatic rings. The molecule has 0 amide bonds. The number of carbonyl (C=O) groups is 1. The molecule has 30 heavy (non-hydrogen) atoms. The number of aromatic amines is 1. The maximum atomic E-state index is 14.6. The normalized spacial score (nSPS) is 14.9. The number of rotatable bonds is 7. The molecule has 0 bridgehead atoms. The summed E-state index contributed by atoms with van der Waals surface area (Å²) in [7, 11) is 0. The van der Waals surface area contributed by atoms with Crippen molar-refractivity contribution in [2.45, 2.75) is 45.1 Å². The topological polar surface area (TPSA) is 71.6 Å². The molecule has 6 heteroatoms. The number of H-pyrrole nitrogens is 1. The number of benzene rings is 2. The third-order valence-electron chi connectivity index (χ3n) is 5.77. The molecule has 4 rings (SSSR count). The smallest absolute Gasteiger partial charge is 0.303 e. The van der Waals surface area contributed by atoms with E-state index in [2.05, 4.69) is 30.1 Å². The van der Waals surface area contributed by atoms with Crippen molar-refractivity contribution in [2.24, 2.45) is 0 Å². The molecule has 158 valence electrons. The monoisotopic (exact) mass is 411 g/mol. The van der Waals surface area contributed by atoms with E-state index in [0.29, 0.717) is 34.9 Å². The predicted molar refractivity (Wildman–Crippen MR) is 113 cm³/mol. The Balaban J connectivity index is 1.44. The van der Waals surface area contributed by atoms with Crippen LogP contribution in [-0.4, -0.2) is 29.3 Å². The van der Waals surface area contributed by atoms with Gasteiger partial charge < -0.3 is 19.6 Å². The van der Waals surface area contributed by atoms with Gasteiger partial charge in [-0.2, -0.15) is 0 Å². The number of nitrogens with one attached hydrogen (secondary N) is 1. The summed E-state index contributed by atoms with van der Waals surface area (Å²) in [5.74, 6) is -0.220. The fourth-order valence-electron chi connectivity index (χ4n) is 4.15. The van der Waals surface area contributed by atoms with Crippen LogP contribution in [0.1, 0.15) is 47.6 Å². The first-order chi connectivity index (χ1) is 14.5. The minimum Gasteiger partial charge on any atom is -0.489 e. The van der Waals surface area contributed by atoms with Crippen molar-refractivity contribution in [1.29, 1.82) is 0 Å². The number of aliphatic carboxylic acids is 1. The van der Waals surface area contributed by atoms with Gasteiger partial charge in [-0.05, 0) is 60.6 Å². The third-order valence-corrected chi connectivity index (χ3v) is 5.77. The summed E-state index contributed by atoms with van der Waals surface area (Å²) in [6.45, 7) is 4.18. The third kappa shape index (κ3) is 4.49. The lowest BCUT2D eigenvalue weighted by atomic mass is 9.88. The summed E-state index contributed by atoms with van der Waals surface area (Å²) in [5, 5.41) is 9.23. The maximum absolute atomic E-state index is 14.6. The van der Waals surface area contributed by atoms with Crippen LogP contribution in [0.25, 0.3) is 10.9 Å². The van der Waals surface area contributed by atoms with Crippen LogP contribution in [0.4, 0.5) is 4.39 Å². The standard InChI is InChI=1S/C24H26FNO4/c1-15-12-16(2-4-19(15)17-8-10-29-11-9-17)14-30-18-3-5-21-20(13-18)24(25)22(26-21)6-7-23(27)28/h2-5,12-13,17,26H,6-11,14H2,1H3,(H,27,28). The first kappa shape index (κ1) is 20.4. The Morgan fingerprint density at radius 3 is 2.77 bits per heavy atom. The summed E-state index contributed by atoms with van der Waals surface area (Å²) in [6, 6.07) is 11.7. The highest BCUT2D eigenvalue weighted by Crippen LogP contribution is 2.30. The molecule has 2 aromatic carbocycles. The van der Waals surface area contributed by atoms with Gasteiger partial charge in [0, 0.05) is 30.5 Å².